The number of aromatic nitrogens is 5. The third-order valence-electron chi connectivity index (χ3n) is 5.32. The molecule has 2 amide bonds. The molecule has 0 spiro atoms. The molecule has 0 aliphatic carbocycles. The van der Waals surface area contributed by atoms with Crippen LogP contribution < -0.4 is 11.1 Å². The Morgan fingerprint density at radius 1 is 1.27 bits per heavy atom. The second-order valence-corrected chi connectivity index (χ2v) is 8.46. The minimum atomic E-state index is -2.83. The number of rotatable bonds is 6. The molecule has 0 unspecified atom stereocenters. The van der Waals surface area contributed by atoms with Gasteiger partial charge in [-0.05, 0) is 32.4 Å². The fraction of sp³-hybridized carbons (Fsp3) is 0.286. The van der Waals surface area contributed by atoms with Gasteiger partial charge in [0, 0.05) is 36.4 Å². The van der Waals surface area contributed by atoms with E-state index in [0.29, 0.717) is 40.0 Å². The number of amides is 2. The lowest BCUT2D eigenvalue weighted by atomic mass is 10.0. The highest BCUT2D eigenvalue weighted by molar-refractivity contribution is 7.21. The SMILES string of the molecule is CCn1ncc(C(=O)Nc2c(C(N)=O)sc3nc(C(F)F)cc(-c4cn(C)nc4C)c23)c1C. The van der Waals surface area contributed by atoms with Crippen LogP contribution in [0.25, 0.3) is 21.3 Å². The van der Waals surface area contributed by atoms with E-state index in [-0.39, 0.29) is 15.4 Å². The Morgan fingerprint density at radius 2 is 2.00 bits per heavy atom. The molecule has 0 fully saturated rings. The fourth-order valence-electron chi connectivity index (χ4n) is 3.77. The van der Waals surface area contributed by atoms with Crippen LogP contribution >= 0.6 is 11.3 Å². The third-order valence-corrected chi connectivity index (χ3v) is 6.42. The van der Waals surface area contributed by atoms with Crippen molar-refractivity contribution in [2.45, 2.75) is 33.7 Å². The first-order valence-corrected chi connectivity index (χ1v) is 10.8. The topological polar surface area (TPSA) is 121 Å². The predicted molar refractivity (Wildman–Crippen MR) is 121 cm³/mol. The summed E-state index contributed by atoms with van der Waals surface area (Å²) in [7, 11) is 1.71. The van der Waals surface area contributed by atoms with Crippen LogP contribution in [0.4, 0.5) is 14.5 Å². The van der Waals surface area contributed by atoms with Gasteiger partial charge in [-0.3, -0.25) is 19.0 Å². The smallest absolute Gasteiger partial charge is 0.280 e. The summed E-state index contributed by atoms with van der Waals surface area (Å²) in [6.45, 7) is 5.98. The minimum Gasteiger partial charge on any atom is -0.365 e. The average molecular weight is 474 g/mol. The molecule has 0 bridgehead atoms. The van der Waals surface area contributed by atoms with Crippen molar-refractivity contribution in [2.24, 2.45) is 12.8 Å². The number of carbonyl (C=O) groups excluding carboxylic acids is 2. The minimum absolute atomic E-state index is 0.0144. The summed E-state index contributed by atoms with van der Waals surface area (Å²) in [4.78, 5) is 29.6. The molecular weight excluding hydrogens is 452 g/mol. The number of nitrogens with zero attached hydrogens (tertiary/aromatic N) is 5. The summed E-state index contributed by atoms with van der Waals surface area (Å²) < 4.78 is 30.5. The summed E-state index contributed by atoms with van der Waals surface area (Å²) in [6.07, 6.45) is 0.290. The molecule has 4 aromatic heterocycles. The maximum absolute atomic E-state index is 13.6. The first kappa shape index (κ1) is 22.5. The zero-order valence-electron chi connectivity index (χ0n) is 18.3. The molecule has 4 aromatic rings. The number of nitrogens with one attached hydrogen (secondary N) is 1. The number of aryl methyl sites for hydroxylation is 3. The molecular formula is C21H21F2N7O2S. The van der Waals surface area contributed by atoms with Crippen molar-refractivity contribution in [1.82, 2.24) is 24.5 Å². The zero-order valence-corrected chi connectivity index (χ0v) is 19.1. The van der Waals surface area contributed by atoms with Crippen molar-refractivity contribution in [3.63, 3.8) is 0 Å². The molecule has 0 saturated carbocycles. The fourth-order valence-corrected chi connectivity index (χ4v) is 4.78. The third kappa shape index (κ3) is 3.86. The van der Waals surface area contributed by atoms with Gasteiger partial charge in [-0.1, -0.05) is 0 Å². The molecule has 12 heteroatoms. The predicted octanol–water partition coefficient (Wildman–Crippen LogP) is 3.82. The second-order valence-electron chi connectivity index (χ2n) is 7.46. The zero-order chi connectivity index (χ0) is 24.0. The number of halogens is 2. The molecule has 33 heavy (non-hydrogen) atoms. The number of fused-ring (bicyclic) bond motifs is 1. The quantitative estimate of drug-likeness (QED) is 0.441. The number of anilines is 1. The van der Waals surface area contributed by atoms with E-state index >= 15 is 0 Å². The number of thiophene rings is 1. The Hall–Kier alpha value is -3.67. The highest BCUT2D eigenvalue weighted by Crippen LogP contribution is 2.43. The van der Waals surface area contributed by atoms with Gasteiger partial charge in [-0.25, -0.2) is 13.8 Å². The Balaban J connectivity index is 1.97. The number of nitrogens with two attached hydrogens (primary N) is 1. The molecule has 4 rings (SSSR count). The van der Waals surface area contributed by atoms with Crippen LogP contribution in [0.3, 0.4) is 0 Å². The lowest BCUT2D eigenvalue weighted by Crippen LogP contribution is -2.17. The van der Waals surface area contributed by atoms with E-state index in [1.807, 2.05) is 6.92 Å². The van der Waals surface area contributed by atoms with Crippen LogP contribution in [0.1, 0.15) is 50.5 Å². The van der Waals surface area contributed by atoms with Crippen molar-refractivity contribution in [3.05, 3.63) is 46.0 Å². The van der Waals surface area contributed by atoms with E-state index in [1.165, 1.54) is 12.3 Å². The number of alkyl halides is 2. The Morgan fingerprint density at radius 3 is 2.55 bits per heavy atom. The van der Waals surface area contributed by atoms with E-state index < -0.39 is 23.9 Å². The standard InChI is InChI=1S/C21H21F2N7O2S/c1-5-30-10(3)12(7-25-30)20(32)27-16-15-11(13-8-29(4)28-9(13)2)6-14(18(22)23)26-21(15)33-17(16)19(24)31/h6-8,18H,5H2,1-4H3,(H2,24,31)(H,27,32). The van der Waals surface area contributed by atoms with E-state index in [9.17, 15) is 18.4 Å². The van der Waals surface area contributed by atoms with Gasteiger partial charge in [-0.2, -0.15) is 10.2 Å². The molecule has 4 heterocycles. The molecule has 0 aromatic carbocycles. The van der Waals surface area contributed by atoms with Gasteiger partial charge < -0.3 is 11.1 Å². The van der Waals surface area contributed by atoms with Crippen molar-refractivity contribution >= 4 is 39.1 Å². The van der Waals surface area contributed by atoms with Crippen molar-refractivity contribution in [2.75, 3.05) is 5.32 Å². The Bertz CT molecular complexity index is 1400. The largest absolute Gasteiger partial charge is 0.365 e. The first-order valence-electron chi connectivity index (χ1n) is 10.0. The number of hydrogen-bond acceptors (Lipinski definition) is 6. The highest BCUT2D eigenvalue weighted by Gasteiger charge is 2.27. The summed E-state index contributed by atoms with van der Waals surface area (Å²) in [5.74, 6) is -1.30. The maximum atomic E-state index is 13.6. The second kappa shape index (κ2) is 8.35. The highest BCUT2D eigenvalue weighted by atomic mass is 32.1. The summed E-state index contributed by atoms with van der Waals surface area (Å²) in [5.41, 5.74) is 7.77. The normalized spacial score (nSPS) is 11.5. The van der Waals surface area contributed by atoms with Gasteiger partial charge in [0.05, 0.1) is 23.1 Å². The van der Waals surface area contributed by atoms with E-state index in [2.05, 4.69) is 20.5 Å². The molecule has 0 saturated heterocycles. The van der Waals surface area contributed by atoms with Gasteiger partial charge in [0.15, 0.2) is 0 Å². The van der Waals surface area contributed by atoms with Gasteiger partial charge in [0.1, 0.15) is 15.4 Å². The average Bonchev–Trinajstić information content (AvgIpc) is 3.41. The monoisotopic (exact) mass is 473 g/mol. The summed E-state index contributed by atoms with van der Waals surface area (Å²) >= 11 is 0.854. The first-order chi connectivity index (χ1) is 15.6. The van der Waals surface area contributed by atoms with Crippen LogP contribution in [-0.4, -0.2) is 36.4 Å². The molecule has 0 aliphatic heterocycles. The summed E-state index contributed by atoms with van der Waals surface area (Å²) in [6, 6.07) is 1.25. The summed E-state index contributed by atoms with van der Waals surface area (Å²) in [5, 5.41) is 11.6. The Kier molecular flexibility index (Phi) is 5.70. The molecule has 0 atom stereocenters. The van der Waals surface area contributed by atoms with Crippen LogP contribution in [0, 0.1) is 13.8 Å². The van der Waals surface area contributed by atoms with Crippen LogP contribution in [0.2, 0.25) is 0 Å². The molecule has 9 nitrogen and oxygen atoms in total. The van der Waals surface area contributed by atoms with Crippen molar-refractivity contribution < 1.29 is 18.4 Å². The number of carbonyl (C=O) groups is 2. The van der Waals surface area contributed by atoms with Gasteiger partial charge >= 0.3 is 0 Å². The lowest BCUT2D eigenvalue weighted by molar-refractivity contribution is 0.100. The maximum Gasteiger partial charge on any atom is 0.280 e. The van der Waals surface area contributed by atoms with Crippen LogP contribution in [0.15, 0.2) is 18.5 Å². The number of primary amides is 1. The van der Waals surface area contributed by atoms with Gasteiger partial charge in [-0.15, -0.1) is 11.3 Å². The van der Waals surface area contributed by atoms with E-state index in [1.54, 1.807) is 36.5 Å². The molecule has 3 N–H and O–H groups in total. The molecule has 0 radical (unpaired) electrons. The van der Waals surface area contributed by atoms with Gasteiger partial charge in [0.25, 0.3) is 18.2 Å². The Labute approximate surface area is 191 Å². The molecule has 172 valence electrons. The molecule has 0 aliphatic rings. The number of hydrogen-bond donors (Lipinski definition) is 2. The lowest BCUT2D eigenvalue weighted by Gasteiger charge is -2.10. The van der Waals surface area contributed by atoms with Crippen LogP contribution in [-0.2, 0) is 13.6 Å². The van der Waals surface area contributed by atoms with Gasteiger partial charge in [0.2, 0.25) is 0 Å². The van der Waals surface area contributed by atoms with Crippen LogP contribution in [0.5, 0.6) is 0 Å². The van der Waals surface area contributed by atoms with E-state index in [0.717, 1.165) is 11.3 Å². The number of pyridine rings is 1. The van der Waals surface area contributed by atoms with Crippen molar-refractivity contribution in [3.8, 4) is 11.1 Å². The van der Waals surface area contributed by atoms with Crippen molar-refractivity contribution in [1.29, 1.82) is 0 Å². The van der Waals surface area contributed by atoms with E-state index in [4.69, 9.17) is 5.73 Å².